The van der Waals surface area contributed by atoms with Crippen molar-refractivity contribution in [2.45, 2.75) is 65.6 Å². The number of aliphatic carboxylic acids is 1. The highest BCUT2D eigenvalue weighted by Crippen LogP contribution is 2.22. The molecule has 0 spiro atoms. The molecule has 1 aliphatic heterocycles. The van der Waals surface area contributed by atoms with Crippen LogP contribution in [0.4, 0.5) is 0 Å². The minimum atomic E-state index is -0.936. The lowest BCUT2D eigenvalue weighted by atomic mass is 9.90. The number of rotatable bonds is 5. The van der Waals surface area contributed by atoms with Crippen LogP contribution in [-0.2, 0) is 14.3 Å². The molecule has 1 heterocycles. The molecule has 0 saturated carbocycles. The molecule has 0 aromatic heterocycles. The Balaban J connectivity index is 2.31. The van der Waals surface area contributed by atoms with Crippen molar-refractivity contribution in [1.29, 1.82) is 0 Å². The Morgan fingerprint density at radius 1 is 1.30 bits per heavy atom. The molecule has 1 N–H and O–H groups in total. The van der Waals surface area contributed by atoms with Crippen molar-refractivity contribution in [3.63, 3.8) is 0 Å². The van der Waals surface area contributed by atoms with Crippen LogP contribution in [0.25, 0.3) is 0 Å². The van der Waals surface area contributed by atoms with Gasteiger partial charge in [-0.1, -0.05) is 20.8 Å². The highest BCUT2D eigenvalue weighted by molar-refractivity contribution is 5.76. The van der Waals surface area contributed by atoms with E-state index in [-0.39, 0.29) is 17.4 Å². The molecular formula is C15H27NO4. The fourth-order valence-corrected chi connectivity index (χ4v) is 2.23. The van der Waals surface area contributed by atoms with Crippen molar-refractivity contribution in [2.75, 3.05) is 13.1 Å². The number of hydrogen-bond donors (Lipinski definition) is 1. The van der Waals surface area contributed by atoms with Crippen LogP contribution in [0.3, 0.4) is 0 Å². The van der Waals surface area contributed by atoms with Crippen LogP contribution >= 0.6 is 0 Å². The predicted octanol–water partition coefficient (Wildman–Crippen LogP) is 2.29. The zero-order chi connectivity index (χ0) is 15.3. The van der Waals surface area contributed by atoms with E-state index in [1.165, 1.54) is 0 Å². The number of carboxylic acids is 1. The third-order valence-electron chi connectivity index (χ3n) is 3.63. The minimum absolute atomic E-state index is 0.0484. The van der Waals surface area contributed by atoms with Crippen LogP contribution in [0.15, 0.2) is 0 Å². The molecule has 20 heavy (non-hydrogen) atoms. The summed E-state index contributed by atoms with van der Waals surface area (Å²) >= 11 is 0. The van der Waals surface area contributed by atoms with Gasteiger partial charge >= 0.3 is 5.97 Å². The fourth-order valence-electron chi connectivity index (χ4n) is 2.23. The quantitative estimate of drug-likeness (QED) is 0.841. The monoisotopic (exact) mass is 285 g/mol. The molecule has 0 radical (unpaired) electrons. The molecule has 1 rings (SSSR count). The van der Waals surface area contributed by atoms with Gasteiger partial charge in [-0.3, -0.25) is 4.79 Å². The smallest absolute Gasteiger partial charge is 0.332 e. The number of carbonyl (C=O) groups is 2. The number of piperidine rings is 1. The lowest BCUT2D eigenvalue weighted by Gasteiger charge is -2.33. The normalized spacial score (nSPS) is 18.9. The standard InChI is InChI=1S/C15H27NO4/c1-11(14(18)19)20-12-6-9-16(10-7-12)13(17)5-8-15(2,3)4/h11-12H,5-10H2,1-4H3,(H,18,19)/t11-/m1/s1. The number of ether oxygens (including phenoxy) is 1. The van der Waals surface area contributed by atoms with E-state index in [1.54, 1.807) is 6.92 Å². The van der Waals surface area contributed by atoms with E-state index in [9.17, 15) is 9.59 Å². The summed E-state index contributed by atoms with van der Waals surface area (Å²) in [6.45, 7) is 9.28. The Morgan fingerprint density at radius 2 is 1.85 bits per heavy atom. The molecule has 1 amide bonds. The summed E-state index contributed by atoms with van der Waals surface area (Å²) in [4.78, 5) is 24.7. The van der Waals surface area contributed by atoms with Gasteiger partial charge in [0.25, 0.3) is 0 Å². The van der Waals surface area contributed by atoms with Gasteiger partial charge in [-0.15, -0.1) is 0 Å². The van der Waals surface area contributed by atoms with Gasteiger partial charge in [0.15, 0.2) is 6.10 Å². The van der Waals surface area contributed by atoms with E-state index < -0.39 is 12.1 Å². The molecule has 0 aliphatic carbocycles. The minimum Gasteiger partial charge on any atom is -0.479 e. The van der Waals surface area contributed by atoms with Crippen molar-refractivity contribution in [2.24, 2.45) is 5.41 Å². The van der Waals surface area contributed by atoms with Gasteiger partial charge in [-0.25, -0.2) is 4.79 Å². The number of amides is 1. The molecule has 1 atom stereocenters. The van der Waals surface area contributed by atoms with E-state index in [0.717, 1.165) is 19.3 Å². The van der Waals surface area contributed by atoms with Gasteiger partial charge in [-0.05, 0) is 31.6 Å². The summed E-state index contributed by atoms with van der Waals surface area (Å²) in [6.07, 6.45) is 2.09. The van der Waals surface area contributed by atoms with Gasteiger partial charge < -0.3 is 14.7 Å². The Hall–Kier alpha value is -1.10. The molecule has 0 unspecified atom stereocenters. The Labute approximate surface area is 121 Å². The van der Waals surface area contributed by atoms with Gasteiger partial charge in [0.2, 0.25) is 5.91 Å². The highest BCUT2D eigenvalue weighted by atomic mass is 16.5. The van der Waals surface area contributed by atoms with Gasteiger partial charge in [0, 0.05) is 19.5 Å². The SMILES string of the molecule is C[C@@H](OC1CCN(C(=O)CCC(C)(C)C)CC1)C(=O)O. The van der Waals surface area contributed by atoms with Crippen molar-refractivity contribution < 1.29 is 19.4 Å². The molecular weight excluding hydrogens is 258 g/mol. The Kier molecular flexibility index (Phi) is 5.99. The van der Waals surface area contributed by atoms with Gasteiger partial charge in [-0.2, -0.15) is 0 Å². The summed E-state index contributed by atoms with van der Waals surface area (Å²) in [6, 6.07) is 0. The first-order valence-electron chi connectivity index (χ1n) is 7.35. The molecule has 1 fully saturated rings. The van der Waals surface area contributed by atoms with Crippen LogP contribution in [-0.4, -0.2) is 47.2 Å². The van der Waals surface area contributed by atoms with E-state index in [4.69, 9.17) is 9.84 Å². The first-order chi connectivity index (χ1) is 9.19. The van der Waals surface area contributed by atoms with Crippen molar-refractivity contribution >= 4 is 11.9 Å². The number of likely N-dealkylation sites (tertiary alicyclic amines) is 1. The molecule has 0 aromatic carbocycles. The van der Waals surface area contributed by atoms with Gasteiger partial charge in [0.1, 0.15) is 0 Å². The second-order valence-corrected chi connectivity index (χ2v) is 6.76. The molecule has 0 aromatic rings. The van der Waals surface area contributed by atoms with E-state index >= 15 is 0 Å². The van der Waals surface area contributed by atoms with E-state index in [2.05, 4.69) is 20.8 Å². The summed E-state index contributed by atoms with van der Waals surface area (Å²) in [7, 11) is 0. The van der Waals surface area contributed by atoms with E-state index in [1.807, 2.05) is 4.90 Å². The maximum absolute atomic E-state index is 12.1. The maximum atomic E-state index is 12.1. The molecule has 116 valence electrons. The highest BCUT2D eigenvalue weighted by Gasteiger charge is 2.26. The third-order valence-corrected chi connectivity index (χ3v) is 3.63. The first-order valence-corrected chi connectivity index (χ1v) is 7.35. The zero-order valence-electron chi connectivity index (χ0n) is 13.0. The molecule has 0 bridgehead atoms. The lowest BCUT2D eigenvalue weighted by molar-refractivity contribution is -0.155. The first kappa shape index (κ1) is 17.0. The number of carboxylic acid groups (broad SMARTS) is 1. The van der Waals surface area contributed by atoms with E-state index in [0.29, 0.717) is 19.5 Å². The molecule has 1 saturated heterocycles. The lowest BCUT2D eigenvalue weighted by Crippen LogP contribution is -2.42. The zero-order valence-corrected chi connectivity index (χ0v) is 13.0. The van der Waals surface area contributed by atoms with Crippen LogP contribution in [0.5, 0.6) is 0 Å². The van der Waals surface area contributed by atoms with Crippen molar-refractivity contribution in [3.8, 4) is 0 Å². The maximum Gasteiger partial charge on any atom is 0.332 e. The second-order valence-electron chi connectivity index (χ2n) is 6.76. The topological polar surface area (TPSA) is 66.8 Å². The van der Waals surface area contributed by atoms with Crippen LogP contribution in [0.2, 0.25) is 0 Å². The average molecular weight is 285 g/mol. The summed E-state index contributed by atoms with van der Waals surface area (Å²) < 4.78 is 5.46. The van der Waals surface area contributed by atoms with Gasteiger partial charge in [0.05, 0.1) is 6.10 Å². The Morgan fingerprint density at radius 3 is 2.30 bits per heavy atom. The van der Waals surface area contributed by atoms with Crippen LogP contribution < -0.4 is 0 Å². The number of carbonyl (C=O) groups excluding carboxylic acids is 1. The van der Waals surface area contributed by atoms with Crippen LogP contribution in [0.1, 0.15) is 53.4 Å². The largest absolute Gasteiger partial charge is 0.479 e. The predicted molar refractivity (Wildman–Crippen MR) is 76.5 cm³/mol. The molecule has 5 nitrogen and oxygen atoms in total. The van der Waals surface area contributed by atoms with Crippen molar-refractivity contribution in [3.05, 3.63) is 0 Å². The number of hydrogen-bond acceptors (Lipinski definition) is 3. The fraction of sp³-hybridized carbons (Fsp3) is 0.867. The van der Waals surface area contributed by atoms with Crippen LogP contribution in [0, 0.1) is 5.41 Å². The average Bonchev–Trinajstić information content (AvgIpc) is 2.35. The molecule has 5 heteroatoms. The summed E-state index contributed by atoms with van der Waals surface area (Å²) in [5, 5.41) is 8.81. The van der Waals surface area contributed by atoms with Crippen molar-refractivity contribution in [1.82, 2.24) is 4.90 Å². The molecule has 1 aliphatic rings. The third kappa shape index (κ3) is 5.90. The summed E-state index contributed by atoms with van der Waals surface area (Å²) in [5.74, 6) is -0.738. The summed E-state index contributed by atoms with van der Waals surface area (Å²) in [5.41, 5.74) is 0.175. The second kappa shape index (κ2) is 7.07. The Bertz CT molecular complexity index is 340. The number of nitrogens with zero attached hydrogens (tertiary/aromatic N) is 1.